The van der Waals surface area contributed by atoms with Crippen molar-refractivity contribution in [1.82, 2.24) is 15.0 Å². The highest BCUT2D eigenvalue weighted by Gasteiger charge is 2.04. The van der Waals surface area contributed by atoms with Crippen LogP contribution in [0.25, 0.3) is 11.0 Å². The van der Waals surface area contributed by atoms with Gasteiger partial charge in [0, 0.05) is 11.6 Å². The second-order valence-corrected chi connectivity index (χ2v) is 4.52. The van der Waals surface area contributed by atoms with Gasteiger partial charge in [0.25, 0.3) is 0 Å². The molecule has 0 aliphatic rings. The van der Waals surface area contributed by atoms with Crippen LogP contribution in [0.5, 0.6) is 0 Å². The molecular weight excluding hydrogens is 286 g/mol. The van der Waals surface area contributed by atoms with Gasteiger partial charge in [-0.1, -0.05) is 23.4 Å². The summed E-state index contributed by atoms with van der Waals surface area (Å²) < 4.78 is 0.757. The third-order valence-electron chi connectivity index (χ3n) is 1.64. The Kier molecular flexibility index (Phi) is 2.90. The van der Waals surface area contributed by atoms with Gasteiger partial charge in [-0.05, 0) is 28.3 Å². The summed E-state index contributed by atoms with van der Waals surface area (Å²) >= 11 is 10.6. The fourth-order valence-corrected chi connectivity index (χ4v) is 1.80. The minimum Gasteiger partial charge on any atom is -0.230 e. The molecule has 2 heterocycles. The summed E-state index contributed by atoms with van der Waals surface area (Å²) in [7, 11) is 0. The molecule has 0 amide bonds. The number of hydrogen-bond donors (Lipinski definition) is 0. The van der Waals surface area contributed by atoms with Gasteiger partial charge in [0.2, 0.25) is 0 Å². The molecule has 0 unspecified atom stereocenters. The normalized spacial score (nSPS) is 10.8. The number of aromatic nitrogens is 3. The van der Waals surface area contributed by atoms with Crippen LogP contribution >= 0.6 is 39.3 Å². The smallest absolute Gasteiger partial charge is 0.189 e. The highest BCUT2D eigenvalue weighted by Crippen LogP contribution is 2.24. The van der Waals surface area contributed by atoms with E-state index < -0.39 is 0 Å². The van der Waals surface area contributed by atoms with Gasteiger partial charge in [-0.2, -0.15) is 0 Å². The van der Waals surface area contributed by atoms with Crippen molar-refractivity contribution >= 4 is 50.3 Å². The highest BCUT2D eigenvalue weighted by molar-refractivity contribution is 9.10. The van der Waals surface area contributed by atoms with E-state index in [0.29, 0.717) is 16.0 Å². The molecule has 0 fully saturated rings. The van der Waals surface area contributed by atoms with Crippen LogP contribution in [0.15, 0.2) is 21.9 Å². The molecule has 0 saturated carbocycles. The molecule has 14 heavy (non-hydrogen) atoms. The largest absolute Gasteiger partial charge is 0.230 e. The number of pyridine rings is 1. The molecule has 0 aliphatic carbocycles. The van der Waals surface area contributed by atoms with Crippen LogP contribution in [0, 0.1) is 0 Å². The summed E-state index contributed by atoms with van der Waals surface area (Å²) in [5.41, 5.74) is 0.623. The Morgan fingerprint density at radius 3 is 2.93 bits per heavy atom. The molecule has 0 aromatic carbocycles. The quantitative estimate of drug-likeness (QED) is 0.459. The van der Waals surface area contributed by atoms with Crippen molar-refractivity contribution in [2.75, 3.05) is 6.26 Å². The Balaban J connectivity index is 2.70. The third kappa shape index (κ3) is 1.85. The lowest BCUT2D eigenvalue weighted by atomic mass is 10.3. The van der Waals surface area contributed by atoms with Crippen molar-refractivity contribution in [1.29, 1.82) is 0 Å². The predicted octanol–water partition coefficient (Wildman–Crippen LogP) is 3.16. The molecule has 2 rings (SSSR count). The zero-order valence-corrected chi connectivity index (χ0v) is 10.3. The average Bonchev–Trinajstić information content (AvgIpc) is 2.19. The van der Waals surface area contributed by atoms with Crippen molar-refractivity contribution in [2.45, 2.75) is 5.16 Å². The van der Waals surface area contributed by atoms with Crippen molar-refractivity contribution in [3.63, 3.8) is 0 Å². The van der Waals surface area contributed by atoms with Crippen LogP contribution in [0.1, 0.15) is 0 Å². The molecule has 6 heteroatoms. The van der Waals surface area contributed by atoms with Gasteiger partial charge >= 0.3 is 0 Å². The second-order valence-electron chi connectivity index (χ2n) is 2.53. The number of thioether (sulfide) groups is 1. The second kappa shape index (κ2) is 4.00. The van der Waals surface area contributed by atoms with E-state index in [-0.39, 0.29) is 0 Å². The van der Waals surface area contributed by atoms with Gasteiger partial charge in [0.15, 0.2) is 10.8 Å². The lowest BCUT2D eigenvalue weighted by molar-refractivity contribution is 0.991. The molecule has 3 nitrogen and oxygen atoms in total. The molecule has 0 radical (unpaired) electrons. The maximum absolute atomic E-state index is 5.86. The fraction of sp³-hybridized carbons (Fsp3) is 0.125. The first kappa shape index (κ1) is 10.1. The van der Waals surface area contributed by atoms with Crippen LogP contribution in [0.2, 0.25) is 5.15 Å². The zero-order valence-electron chi connectivity index (χ0n) is 7.16. The van der Waals surface area contributed by atoms with Gasteiger partial charge in [0.05, 0.1) is 4.47 Å². The maximum Gasteiger partial charge on any atom is 0.189 e. The molecule has 0 N–H and O–H groups in total. The van der Waals surface area contributed by atoms with Crippen molar-refractivity contribution in [3.05, 3.63) is 21.9 Å². The standard InChI is InChI=1S/C8H5BrClN3S/c1-14-8-11-3-4-2-5(9)6(10)12-7(4)13-8/h2-3H,1H3. The summed E-state index contributed by atoms with van der Waals surface area (Å²) in [6.45, 7) is 0. The number of fused-ring (bicyclic) bond motifs is 1. The van der Waals surface area contributed by atoms with Gasteiger partial charge in [-0.15, -0.1) is 0 Å². The molecule has 2 aromatic heterocycles. The minimum absolute atomic E-state index is 0.420. The number of rotatable bonds is 1. The Bertz CT molecular complexity index is 491. The van der Waals surface area contributed by atoms with Crippen LogP contribution in [0.4, 0.5) is 0 Å². The monoisotopic (exact) mass is 289 g/mol. The molecule has 72 valence electrons. The van der Waals surface area contributed by atoms with E-state index in [0.717, 1.165) is 9.86 Å². The number of halogens is 2. The molecular formula is C8H5BrClN3S. The number of hydrogen-bond acceptors (Lipinski definition) is 4. The molecule has 0 atom stereocenters. The summed E-state index contributed by atoms with van der Waals surface area (Å²) in [5, 5.41) is 1.99. The van der Waals surface area contributed by atoms with Crippen LogP contribution in [0.3, 0.4) is 0 Å². The van der Waals surface area contributed by atoms with Crippen molar-refractivity contribution < 1.29 is 0 Å². The van der Waals surface area contributed by atoms with Crippen LogP contribution in [-0.2, 0) is 0 Å². The summed E-state index contributed by atoms with van der Waals surface area (Å²) in [6, 6.07) is 1.86. The minimum atomic E-state index is 0.420. The van der Waals surface area contributed by atoms with Gasteiger partial charge in [-0.25, -0.2) is 15.0 Å². The fourth-order valence-electron chi connectivity index (χ4n) is 0.999. The molecule has 0 spiro atoms. The van der Waals surface area contributed by atoms with Crippen molar-refractivity contribution in [2.24, 2.45) is 0 Å². The van der Waals surface area contributed by atoms with Crippen LogP contribution < -0.4 is 0 Å². The van der Waals surface area contributed by atoms with Gasteiger partial charge < -0.3 is 0 Å². The van der Waals surface area contributed by atoms with E-state index in [1.165, 1.54) is 11.8 Å². The summed E-state index contributed by atoms with van der Waals surface area (Å²) in [4.78, 5) is 12.5. The van der Waals surface area contributed by atoms with E-state index >= 15 is 0 Å². The van der Waals surface area contributed by atoms with Gasteiger partial charge in [0.1, 0.15) is 5.15 Å². The lowest BCUT2D eigenvalue weighted by Gasteiger charge is -2.00. The summed E-state index contributed by atoms with van der Waals surface area (Å²) in [6.07, 6.45) is 3.66. The van der Waals surface area contributed by atoms with E-state index in [1.54, 1.807) is 6.20 Å². The number of nitrogens with zero attached hydrogens (tertiary/aromatic N) is 3. The molecule has 0 bridgehead atoms. The Hall–Kier alpha value is -0.390. The predicted molar refractivity (Wildman–Crippen MR) is 61.8 cm³/mol. The first-order chi connectivity index (χ1) is 6.70. The molecule has 0 aliphatic heterocycles. The Morgan fingerprint density at radius 2 is 2.21 bits per heavy atom. The lowest BCUT2D eigenvalue weighted by Crippen LogP contribution is -1.90. The van der Waals surface area contributed by atoms with Crippen molar-refractivity contribution in [3.8, 4) is 0 Å². The van der Waals surface area contributed by atoms with E-state index in [4.69, 9.17) is 11.6 Å². The first-order valence-corrected chi connectivity index (χ1v) is 6.13. The molecule has 0 saturated heterocycles. The van der Waals surface area contributed by atoms with E-state index in [1.807, 2.05) is 12.3 Å². The maximum atomic E-state index is 5.86. The Labute approximate surface area is 98.4 Å². The third-order valence-corrected chi connectivity index (χ3v) is 3.32. The first-order valence-electron chi connectivity index (χ1n) is 3.73. The van der Waals surface area contributed by atoms with Crippen LogP contribution in [-0.4, -0.2) is 21.2 Å². The molecule has 2 aromatic rings. The highest BCUT2D eigenvalue weighted by atomic mass is 79.9. The topological polar surface area (TPSA) is 38.7 Å². The summed E-state index contributed by atoms with van der Waals surface area (Å²) in [5.74, 6) is 0. The zero-order chi connectivity index (χ0) is 10.1. The average molecular weight is 291 g/mol. The van der Waals surface area contributed by atoms with E-state index in [2.05, 4.69) is 30.9 Å². The van der Waals surface area contributed by atoms with E-state index in [9.17, 15) is 0 Å². The SMILES string of the molecule is CSc1ncc2cc(Br)c(Cl)nc2n1. The van der Waals surface area contributed by atoms with Gasteiger partial charge in [-0.3, -0.25) is 0 Å². The Morgan fingerprint density at radius 1 is 1.43 bits per heavy atom.